The Morgan fingerprint density at radius 1 is 1.03 bits per heavy atom. The lowest BCUT2D eigenvalue weighted by atomic mass is 9.98. The molecule has 4 rings (SSSR count). The maximum Gasteiger partial charge on any atom is 0.255 e. The first-order valence-corrected chi connectivity index (χ1v) is 11.0. The van der Waals surface area contributed by atoms with Crippen LogP contribution in [-0.2, 0) is 0 Å². The number of nitrogens with one attached hydrogen (secondary N) is 1. The zero-order chi connectivity index (χ0) is 22.7. The van der Waals surface area contributed by atoms with E-state index in [0.717, 1.165) is 28.8 Å². The van der Waals surface area contributed by atoms with Crippen molar-refractivity contribution in [2.24, 2.45) is 0 Å². The van der Waals surface area contributed by atoms with Gasteiger partial charge in [-0.3, -0.25) is 4.79 Å². The molecule has 0 aliphatic heterocycles. The first-order chi connectivity index (χ1) is 15.4. The van der Waals surface area contributed by atoms with Gasteiger partial charge in [-0.15, -0.1) is 0 Å². The van der Waals surface area contributed by atoms with Gasteiger partial charge in [-0.2, -0.15) is 0 Å². The molecule has 164 valence electrons. The van der Waals surface area contributed by atoms with Crippen LogP contribution in [0.5, 0.6) is 5.75 Å². The fraction of sp³-hybridized carbons (Fsp3) is 0.259. The van der Waals surface area contributed by atoms with Gasteiger partial charge in [0.1, 0.15) is 11.3 Å². The molecule has 0 radical (unpaired) electrons. The molecule has 1 atom stereocenters. The number of oxazole rings is 1. The Morgan fingerprint density at radius 3 is 2.53 bits per heavy atom. The molecule has 3 aromatic carbocycles. The van der Waals surface area contributed by atoms with E-state index in [1.165, 1.54) is 5.56 Å². The number of carbonyl (C=O) groups is 1. The van der Waals surface area contributed by atoms with Crippen LogP contribution >= 0.6 is 0 Å². The molecule has 0 aliphatic rings. The molecule has 5 heteroatoms. The van der Waals surface area contributed by atoms with E-state index in [0.29, 0.717) is 23.1 Å². The summed E-state index contributed by atoms with van der Waals surface area (Å²) in [7, 11) is 0. The van der Waals surface area contributed by atoms with E-state index in [9.17, 15) is 4.79 Å². The second kappa shape index (κ2) is 9.27. The van der Waals surface area contributed by atoms with E-state index >= 15 is 0 Å². The highest BCUT2D eigenvalue weighted by Crippen LogP contribution is 2.29. The second-order valence-corrected chi connectivity index (χ2v) is 8.28. The standard InChI is InChI=1S/C27H28N2O3/c1-5-18(4)20-11-14-25-24(16-20)29-27(32-25)21-7-6-8-22(15-21)28-26(30)19-9-12-23(13-10-19)31-17(2)3/h6-18H,5H2,1-4H3,(H,28,30)/t18-/m1/s1. The molecule has 32 heavy (non-hydrogen) atoms. The van der Waals surface area contributed by atoms with Crippen molar-refractivity contribution in [1.82, 2.24) is 4.98 Å². The van der Waals surface area contributed by atoms with E-state index in [4.69, 9.17) is 9.15 Å². The number of hydrogen-bond donors (Lipinski definition) is 1. The van der Waals surface area contributed by atoms with Crippen LogP contribution in [0.1, 0.15) is 56.0 Å². The number of fused-ring (bicyclic) bond motifs is 1. The van der Waals surface area contributed by atoms with Gasteiger partial charge in [-0.05, 0) is 86.3 Å². The van der Waals surface area contributed by atoms with E-state index in [1.807, 2.05) is 44.2 Å². The van der Waals surface area contributed by atoms with Gasteiger partial charge >= 0.3 is 0 Å². The lowest BCUT2D eigenvalue weighted by molar-refractivity contribution is 0.102. The molecule has 1 amide bonds. The first-order valence-electron chi connectivity index (χ1n) is 11.0. The van der Waals surface area contributed by atoms with Gasteiger partial charge in [0.2, 0.25) is 5.89 Å². The quantitative estimate of drug-likeness (QED) is 0.343. The molecule has 0 saturated heterocycles. The number of hydrogen-bond acceptors (Lipinski definition) is 4. The summed E-state index contributed by atoms with van der Waals surface area (Å²) in [4.78, 5) is 17.4. The summed E-state index contributed by atoms with van der Waals surface area (Å²) in [5.41, 5.74) is 4.90. The summed E-state index contributed by atoms with van der Waals surface area (Å²) in [5, 5.41) is 2.94. The summed E-state index contributed by atoms with van der Waals surface area (Å²) in [6.07, 6.45) is 1.16. The third-order valence-corrected chi connectivity index (χ3v) is 5.45. The minimum atomic E-state index is -0.186. The molecular formula is C27H28N2O3. The Hall–Kier alpha value is -3.60. The highest BCUT2D eigenvalue weighted by atomic mass is 16.5. The number of aromatic nitrogens is 1. The monoisotopic (exact) mass is 428 g/mol. The molecule has 0 aliphatic carbocycles. The molecule has 0 saturated carbocycles. The number of anilines is 1. The van der Waals surface area contributed by atoms with Gasteiger partial charge in [0.15, 0.2) is 5.58 Å². The summed E-state index contributed by atoms with van der Waals surface area (Å²) in [6, 6.07) is 20.8. The molecule has 0 fully saturated rings. The smallest absolute Gasteiger partial charge is 0.255 e. The number of nitrogens with zero attached hydrogens (tertiary/aromatic N) is 1. The lowest BCUT2D eigenvalue weighted by Gasteiger charge is -2.10. The van der Waals surface area contributed by atoms with E-state index in [-0.39, 0.29) is 12.0 Å². The third kappa shape index (κ3) is 4.83. The van der Waals surface area contributed by atoms with Crippen molar-refractivity contribution >= 4 is 22.7 Å². The average Bonchev–Trinajstić information content (AvgIpc) is 3.22. The van der Waals surface area contributed by atoms with Gasteiger partial charge in [0, 0.05) is 16.8 Å². The summed E-state index contributed by atoms with van der Waals surface area (Å²) < 4.78 is 11.6. The maximum absolute atomic E-state index is 12.7. The van der Waals surface area contributed by atoms with Crippen LogP contribution in [0.15, 0.2) is 71.1 Å². The molecule has 0 spiro atoms. The Morgan fingerprint density at radius 2 is 1.81 bits per heavy atom. The van der Waals surface area contributed by atoms with Crippen molar-refractivity contribution in [3.8, 4) is 17.2 Å². The highest BCUT2D eigenvalue weighted by Gasteiger charge is 2.13. The van der Waals surface area contributed by atoms with Crippen LogP contribution in [0, 0.1) is 0 Å². The molecule has 4 aromatic rings. The lowest BCUT2D eigenvalue weighted by Crippen LogP contribution is -2.12. The Kier molecular flexibility index (Phi) is 6.26. The van der Waals surface area contributed by atoms with Crippen molar-refractivity contribution in [2.75, 3.05) is 5.32 Å². The van der Waals surface area contributed by atoms with Gasteiger partial charge in [-0.1, -0.05) is 26.0 Å². The Balaban J connectivity index is 1.52. The number of carbonyl (C=O) groups excluding carboxylic acids is 1. The topological polar surface area (TPSA) is 64.4 Å². The van der Waals surface area contributed by atoms with Crippen LogP contribution in [0.25, 0.3) is 22.6 Å². The minimum absolute atomic E-state index is 0.0888. The van der Waals surface area contributed by atoms with Crippen LogP contribution in [0.2, 0.25) is 0 Å². The van der Waals surface area contributed by atoms with Crippen LogP contribution in [-0.4, -0.2) is 17.0 Å². The minimum Gasteiger partial charge on any atom is -0.491 e. The zero-order valence-corrected chi connectivity index (χ0v) is 18.9. The molecule has 5 nitrogen and oxygen atoms in total. The maximum atomic E-state index is 12.7. The molecule has 0 unspecified atom stereocenters. The van der Waals surface area contributed by atoms with Gasteiger partial charge in [0.05, 0.1) is 6.10 Å². The Bertz CT molecular complexity index is 1230. The van der Waals surface area contributed by atoms with Gasteiger partial charge in [0.25, 0.3) is 5.91 Å². The predicted octanol–water partition coefficient (Wildman–Crippen LogP) is 7.05. The fourth-order valence-electron chi connectivity index (χ4n) is 3.50. The van der Waals surface area contributed by atoms with E-state index in [1.54, 1.807) is 24.3 Å². The number of benzene rings is 3. The number of amides is 1. The second-order valence-electron chi connectivity index (χ2n) is 8.28. The van der Waals surface area contributed by atoms with Crippen molar-refractivity contribution in [3.05, 3.63) is 77.9 Å². The zero-order valence-electron chi connectivity index (χ0n) is 18.9. The van der Waals surface area contributed by atoms with Gasteiger partial charge < -0.3 is 14.5 Å². The van der Waals surface area contributed by atoms with Crippen molar-refractivity contribution < 1.29 is 13.9 Å². The van der Waals surface area contributed by atoms with Crippen LogP contribution < -0.4 is 10.1 Å². The molecule has 1 heterocycles. The molecule has 0 bridgehead atoms. The number of ether oxygens (including phenoxy) is 1. The van der Waals surface area contributed by atoms with Crippen LogP contribution in [0.3, 0.4) is 0 Å². The van der Waals surface area contributed by atoms with Crippen molar-refractivity contribution in [3.63, 3.8) is 0 Å². The first kappa shape index (κ1) is 21.6. The van der Waals surface area contributed by atoms with Crippen molar-refractivity contribution in [2.45, 2.75) is 46.1 Å². The third-order valence-electron chi connectivity index (χ3n) is 5.45. The Labute approximate surface area is 188 Å². The fourth-order valence-corrected chi connectivity index (χ4v) is 3.50. The molecule has 1 aromatic heterocycles. The van der Waals surface area contributed by atoms with Crippen molar-refractivity contribution in [1.29, 1.82) is 0 Å². The molecular weight excluding hydrogens is 400 g/mol. The average molecular weight is 429 g/mol. The summed E-state index contributed by atoms with van der Waals surface area (Å²) in [6.45, 7) is 8.32. The van der Waals surface area contributed by atoms with Crippen LogP contribution in [0.4, 0.5) is 5.69 Å². The number of rotatable bonds is 7. The summed E-state index contributed by atoms with van der Waals surface area (Å²) in [5.74, 6) is 1.57. The predicted molar refractivity (Wildman–Crippen MR) is 128 cm³/mol. The van der Waals surface area contributed by atoms with Gasteiger partial charge in [-0.25, -0.2) is 4.98 Å². The van der Waals surface area contributed by atoms with E-state index < -0.39 is 0 Å². The largest absolute Gasteiger partial charge is 0.491 e. The summed E-state index contributed by atoms with van der Waals surface area (Å²) >= 11 is 0. The SMILES string of the molecule is CC[C@@H](C)c1ccc2oc(-c3cccc(NC(=O)c4ccc(OC(C)C)cc4)c3)nc2c1. The van der Waals surface area contributed by atoms with E-state index in [2.05, 4.69) is 36.3 Å². The highest BCUT2D eigenvalue weighted by molar-refractivity contribution is 6.04. The normalized spacial score (nSPS) is 12.2. The molecule has 1 N–H and O–H groups in total.